The largest absolute Gasteiger partial charge is 0.573 e. The van der Waals surface area contributed by atoms with Gasteiger partial charge >= 0.3 is 6.36 Å². The lowest BCUT2D eigenvalue weighted by Crippen LogP contribution is -2.29. The standard InChI is InChI=1S/C14H15F3N2OS/c1-2-9-7-8-12(21-9)13(19-18)10-5-3-4-6-11(10)20-14(15,16)17/h3-8,13,19H,2,18H2,1H3. The average molecular weight is 316 g/mol. The van der Waals surface area contributed by atoms with Gasteiger partial charge in [-0.1, -0.05) is 25.1 Å². The molecule has 114 valence electrons. The molecule has 0 saturated heterocycles. The van der Waals surface area contributed by atoms with E-state index in [1.165, 1.54) is 23.5 Å². The van der Waals surface area contributed by atoms with Gasteiger partial charge in [0.05, 0.1) is 6.04 Å². The number of hydrogen-bond acceptors (Lipinski definition) is 4. The van der Waals surface area contributed by atoms with Crippen LogP contribution in [0.3, 0.4) is 0 Å². The summed E-state index contributed by atoms with van der Waals surface area (Å²) in [4.78, 5) is 1.98. The zero-order valence-electron chi connectivity index (χ0n) is 11.3. The SMILES string of the molecule is CCc1ccc(C(NN)c2ccccc2OC(F)(F)F)s1. The van der Waals surface area contributed by atoms with E-state index in [0.29, 0.717) is 5.56 Å². The van der Waals surface area contributed by atoms with Gasteiger partial charge < -0.3 is 4.74 Å². The molecule has 1 aromatic heterocycles. The number of ether oxygens (including phenoxy) is 1. The van der Waals surface area contributed by atoms with E-state index in [2.05, 4.69) is 10.2 Å². The molecule has 7 heteroatoms. The number of hydrazine groups is 1. The highest BCUT2D eigenvalue weighted by Crippen LogP contribution is 2.35. The van der Waals surface area contributed by atoms with Crippen LogP contribution in [0, 0.1) is 0 Å². The lowest BCUT2D eigenvalue weighted by atomic mass is 10.0. The Morgan fingerprint density at radius 1 is 1.24 bits per heavy atom. The first-order valence-electron chi connectivity index (χ1n) is 6.34. The molecule has 0 spiro atoms. The van der Waals surface area contributed by atoms with Gasteiger partial charge in [0.1, 0.15) is 5.75 Å². The summed E-state index contributed by atoms with van der Waals surface area (Å²) in [5.74, 6) is 5.29. The summed E-state index contributed by atoms with van der Waals surface area (Å²) in [6.07, 6.45) is -3.87. The van der Waals surface area contributed by atoms with Crippen LogP contribution in [0.25, 0.3) is 0 Å². The molecule has 3 nitrogen and oxygen atoms in total. The number of halogens is 3. The maximum absolute atomic E-state index is 12.5. The van der Waals surface area contributed by atoms with Crippen LogP contribution in [0.4, 0.5) is 13.2 Å². The Labute approximate surface area is 124 Å². The monoisotopic (exact) mass is 316 g/mol. The maximum atomic E-state index is 12.5. The molecular formula is C14H15F3N2OS. The van der Waals surface area contributed by atoms with Crippen molar-refractivity contribution in [3.05, 3.63) is 51.7 Å². The third-order valence-corrected chi connectivity index (χ3v) is 4.23. The first kappa shape index (κ1) is 15.8. The molecule has 0 amide bonds. The van der Waals surface area contributed by atoms with Gasteiger partial charge in [-0.25, -0.2) is 5.43 Å². The van der Waals surface area contributed by atoms with Gasteiger partial charge in [0.25, 0.3) is 0 Å². The van der Waals surface area contributed by atoms with E-state index in [-0.39, 0.29) is 5.75 Å². The quantitative estimate of drug-likeness (QED) is 0.652. The van der Waals surface area contributed by atoms with E-state index in [1.54, 1.807) is 12.1 Å². The van der Waals surface area contributed by atoms with Crippen molar-refractivity contribution in [1.29, 1.82) is 0 Å². The highest BCUT2D eigenvalue weighted by Gasteiger charge is 2.33. The first-order chi connectivity index (χ1) is 9.94. The predicted octanol–water partition coefficient (Wildman–Crippen LogP) is 3.76. The minimum Gasteiger partial charge on any atom is -0.405 e. The Morgan fingerprint density at radius 2 is 1.95 bits per heavy atom. The lowest BCUT2D eigenvalue weighted by Gasteiger charge is -2.19. The molecule has 3 N–H and O–H groups in total. The molecule has 1 aromatic carbocycles. The summed E-state index contributed by atoms with van der Waals surface area (Å²) in [6, 6.07) is 9.24. The first-order valence-corrected chi connectivity index (χ1v) is 7.15. The van der Waals surface area contributed by atoms with E-state index in [1.807, 2.05) is 19.1 Å². The van der Waals surface area contributed by atoms with Crippen molar-refractivity contribution in [3.8, 4) is 5.75 Å². The van der Waals surface area contributed by atoms with Crippen LogP contribution in [-0.2, 0) is 6.42 Å². The van der Waals surface area contributed by atoms with E-state index in [0.717, 1.165) is 16.2 Å². The molecule has 1 heterocycles. The Balaban J connectivity index is 2.38. The molecule has 1 atom stereocenters. The van der Waals surface area contributed by atoms with Gasteiger partial charge in [-0.15, -0.1) is 24.5 Å². The third-order valence-electron chi connectivity index (χ3n) is 2.94. The number of thiophene rings is 1. The Kier molecular flexibility index (Phi) is 4.87. The number of hydrogen-bond donors (Lipinski definition) is 2. The fourth-order valence-electron chi connectivity index (χ4n) is 2.00. The fraction of sp³-hybridized carbons (Fsp3) is 0.286. The second kappa shape index (κ2) is 6.46. The van der Waals surface area contributed by atoms with Crippen molar-refractivity contribution in [2.75, 3.05) is 0 Å². The Hall–Kier alpha value is -1.57. The van der Waals surface area contributed by atoms with Gasteiger partial charge in [-0.3, -0.25) is 5.84 Å². The molecule has 0 aliphatic carbocycles. The zero-order valence-corrected chi connectivity index (χ0v) is 12.1. The molecule has 0 saturated carbocycles. The van der Waals surface area contributed by atoms with Gasteiger partial charge in [-0.05, 0) is 24.6 Å². The summed E-state index contributed by atoms with van der Waals surface area (Å²) in [5.41, 5.74) is 2.91. The van der Waals surface area contributed by atoms with Crippen molar-refractivity contribution in [2.45, 2.75) is 25.7 Å². The molecule has 0 aliphatic rings. The number of nitrogens with one attached hydrogen (secondary N) is 1. The van der Waals surface area contributed by atoms with E-state index >= 15 is 0 Å². The van der Waals surface area contributed by atoms with Crippen molar-refractivity contribution in [1.82, 2.24) is 5.43 Å². The number of alkyl halides is 3. The third kappa shape index (κ3) is 3.96. The highest BCUT2D eigenvalue weighted by molar-refractivity contribution is 7.12. The second-order valence-corrected chi connectivity index (χ2v) is 5.54. The van der Waals surface area contributed by atoms with Gasteiger partial charge in [0, 0.05) is 15.3 Å². The maximum Gasteiger partial charge on any atom is 0.573 e. The summed E-state index contributed by atoms with van der Waals surface area (Å²) in [6.45, 7) is 2.02. The summed E-state index contributed by atoms with van der Waals surface area (Å²) in [7, 11) is 0. The molecule has 2 aromatic rings. The van der Waals surface area contributed by atoms with Crippen LogP contribution < -0.4 is 16.0 Å². The van der Waals surface area contributed by atoms with E-state index in [9.17, 15) is 13.2 Å². The Morgan fingerprint density at radius 3 is 2.52 bits per heavy atom. The Bertz CT molecular complexity index is 598. The fourth-order valence-corrected chi connectivity index (χ4v) is 3.03. The van der Waals surface area contributed by atoms with E-state index < -0.39 is 12.4 Å². The smallest absolute Gasteiger partial charge is 0.405 e. The van der Waals surface area contributed by atoms with Crippen molar-refractivity contribution in [3.63, 3.8) is 0 Å². The van der Waals surface area contributed by atoms with E-state index in [4.69, 9.17) is 5.84 Å². The van der Waals surface area contributed by atoms with Gasteiger partial charge in [0.2, 0.25) is 0 Å². The minimum absolute atomic E-state index is 0.251. The van der Waals surface area contributed by atoms with Crippen molar-refractivity contribution in [2.24, 2.45) is 5.84 Å². The number of benzene rings is 1. The van der Waals surface area contributed by atoms with Crippen molar-refractivity contribution >= 4 is 11.3 Å². The summed E-state index contributed by atoms with van der Waals surface area (Å²) < 4.78 is 41.5. The molecule has 2 rings (SSSR count). The van der Waals surface area contributed by atoms with Crippen LogP contribution in [-0.4, -0.2) is 6.36 Å². The lowest BCUT2D eigenvalue weighted by molar-refractivity contribution is -0.275. The van der Waals surface area contributed by atoms with Gasteiger partial charge in [-0.2, -0.15) is 0 Å². The summed E-state index contributed by atoms with van der Waals surface area (Å²) >= 11 is 1.51. The molecule has 21 heavy (non-hydrogen) atoms. The minimum atomic E-state index is -4.74. The summed E-state index contributed by atoms with van der Waals surface area (Å²) in [5, 5.41) is 0. The number of para-hydroxylation sites is 1. The molecular weight excluding hydrogens is 301 g/mol. The second-order valence-electron chi connectivity index (χ2n) is 4.34. The molecule has 0 bridgehead atoms. The molecule has 0 aliphatic heterocycles. The molecule has 1 unspecified atom stereocenters. The van der Waals surface area contributed by atoms with Crippen LogP contribution in [0.15, 0.2) is 36.4 Å². The van der Waals surface area contributed by atoms with Crippen LogP contribution in [0.1, 0.15) is 28.3 Å². The normalized spacial score (nSPS) is 13.2. The van der Waals surface area contributed by atoms with Crippen molar-refractivity contribution < 1.29 is 17.9 Å². The van der Waals surface area contributed by atoms with Crippen LogP contribution in [0.5, 0.6) is 5.75 Å². The van der Waals surface area contributed by atoms with Crippen LogP contribution >= 0.6 is 11.3 Å². The predicted molar refractivity (Wildman–Crippen MR) is 76.0 cm³/mol. The number of aryl methyl sites for hydroxylation is 1. The van der Waals surface area contributed by atoms with Gasteiger partial charge in [0.15, 0.2) is 0 Å². The topological polar surface area (TPSA) is 47.3 Å². The number of rotatable bonds is 5. The zero-order chi connectivity index (χ0) is 15.5. The van der Waals surface area contributed by atoms with Crippen LogP contribution in [0.2, 0.25) is 0 Å². The molecule has 0 radical (unpaired) electrons. The highest BCUT2D eigenvalue weighted by atomic mass is 32.1. The average Bonchev–Trinajstić information content (AvgIpc) is 2.88. The number of nitrogens with two attached hydrogens (primary N) is 1. The molecule has 0 fully saturated rings.